The number of quaternary nitrogens is 1. The fourth-order valence-corrected chi connectivity index (χ4v) is 1.64. The van der Waals surface area contributed by atoms with Crippen molar-refractivity contribution in [3.8, 4) is 0 Å². The maximum atomic E-state index is 11.2. The molecule has 0 N–H and O–H groups in total. The topological polar surface area (TPSA) is 52.6 Å². The quantitative estimate of drug-likeness (QED) is 0.343. The summed E-state index contributed by atoms with van der Waals surface area (Å²) in [6.07, 6.45) is 3.82. The maximum Gasteiger partial charge on any atom is 0.333 e. The Hall–Kier alpha value is -2.37. The van der Waals surface area contributed by atoms with Crippen LogP contribution in [0.5, 0.6) is 0 Å². The summed E-state index contributed by atoms with van der Waals surface area (Å²) in [7, 11) is 6.42. The maximum absolute atomic E-state index is 11.2. The van der Waals surface area contributed by atoms with Gasteiger partial charge in [0.15, 0.2) is 0 Å². The number of esters is 2. The molecule has 176 valence electrons. The van der Waals surface area contributed by atoms with Crippen molar-refractivity contribution in [2.75, 3.05) is 34.4 Å². The predicted molar refractivity (Wildman–Crippen MR) is 126 cm³/mol. The Balaban J connectivity index is -0.000000412. The molecule has 0 saturated heterocycles. The smallest absolute Gasteiger partial charge is 0.333 e. The van der Waals surface area contributed by atoms with Crippen molar-refractivity contribution in [3.05, 3.63) is 67.3 Å². The van der Waals surface area contributed by atoms with Crippen LogP contribution in [-0.4, -0.2) is 56.3 Å². The summed E-state index contributed by atoms with van der Waals surface area (Å²) in [5.74, 6) is -0.658. The Bertz CT molecular complexity index is 677. The summed E-state index contributed by atoms with van der Waals surface area (Å²) in [5, 5.41) is 0. The lowest BCUT2D eigenvalue weighted by molar-refractivity contribution is -0.920. The summed E-state index contributed by atoms with van der Waals surface area (Å²) in [6, 6.07) is 10.0. The number of benzene rings is 1. The number of carbonyl (C=O) groups is 2. The third kappa shape index (κ3) is 17.0. The fraction of sp³-hybridized carbons (Fsp3) is 0.440. The minimum absolute atomic E-state index is 0. The first-order valence-corrected chi connectivity index (χ1v) is 9.93. The van der Waals surface area contributed by atoms with Gasteiger partial charge in [-0.05, 0) is 33.3 Å². The fourth-order valence-electron chi connectivity index (χ4n) is 1.64. The molecule has 0 aliphatic heterocycles. The van der Waals surface area contributed by atoms with E-state index >= 15 is 0 Å². The molecule has 5 nitrogen and oxygen atoms in total. The highest BCUT2D eigenvalue weighted by Gasteiger charge is 2.32. The van der Waals surface area contributed by atoms with Crippen molar-refractivity contribution in [2.45, 2.75) is 39.7 Å². The van der Waals surface area contributed by atoms with E-state index < -0.39 is 0 Å². The van der Waals surface area contributed by atoms with E-state index in [2.05, 4.69) is 59.5 Å². The number of nitrogens with zero attached hydrogens (tertiary/aromatic N) is 1. The van der Waals surface area contributed by atoms with Gasteiger partial charge in [0.2, 0.25) is 0 Å². The van der Waals surface area contributed by atoms with Gasteiger partial charge in [-0.25, -0.2) is 9.59 Å². The molecule has 0 aliphatic rings. The van der Waals surface area contributed by atoms with Gasteiger partial charge in [0.05, 0.1) is 39.9 Å². The van der Waals surface area contributed by atoms with Crippen LogP contribution in [-0.2, 0) is 19.1 Å². The lowest BCUT2D eigenvalue weighted by Gasteiger charge is -2.41. The molecular formula is C25H40ClNO4. The van der Waals surface area contributed by atoms with Gasteiger partial charge >= 0.3 is 11.9 Å². The normalized spacial score (nSPS) is 9.90. The predicted octanol–water partition coefficient (Wildman–Crippen LogP) is 2.05. The van der Waals surface area contributed by atoms with Crippen LogP contribution in [0.1, 0.15) is 39.7 Å². The number of hydrogen-bond acceptors (Lipinski definition) is 4. The van der Waals surface area contributed by atoms with E-state index in [4.69, 9.17) is 4.74 Å². The zero-order valence-corrected chi connectivity index (χ0v) is 21.0. The van der Waals surface area contributed by atoms with Crippen LogP contribution in [0, 0.1) is 0 Å². The molecule has 0 saturated carbocycles. The van der Waals surface area contributed by atoms with Crippen LogP contribution in [0.2, 0.25) is 0 Å². The first kappa shape index (κ1) is 33.3. The number of hydrogen-bond donors (Lipinski definition) is 0. The first-order chi connectivity index (χ1) is 13.8. The van der Waals surface area contributed by atoms with Gasteiger partial charge in [-0.3, -0.25) is 0 Å². The molecule has 1 rings (SSSR count). The Morgan fingerprint density at radius 3 is 1.87 bits per heavy atom. The highest BCUT2D eigenvalue weighted by Crippen LogP contribution is 2.21. The van der Waals surface area contributed by atoms with Gasteiger partial charge in [-0.2, -0.15) is 0 Å². The minimum atomic E-state index is -0.359. The molecule has 0 atom stereocenters. The second-order valence-electron chi connectivity index (χ2n) is 8.06. The summed E-state index contributed by atoms with van der Waals surface area (Å²) >= 11 is 0. The number of carbonyl (C=O) groups excluding carboxylic acids is 2. The molecule has 0 fully saturated rings. The molecule has 6 heteroatoms. The van der Waals surface area contributed by atoms with Gasteiger partial charge in [-0.1, -0.05) is 56.1 Å². The summed E-state index contributed by atoms with van der Waals surface area (Å²) in [5.41, 5.74) is 1.72. The second kappa shape index (κ2) is 17.3. The molecule has 1 aromatic rings. The van der Waals surface area contributed by atoms with Crippen molar-refractivity contribution in [2.24, 2.45) is 0 Å². The lowest BCUT2D eigenvalue weighted by atomic mass is 9.97. The van der Waals surface area contributed by atoms with Crippen LogP contribution >= 0.6 is 0 Å². The summed E-state index contributed by atoms with van der Waals surface area (Å²) in [4.78, 5) is 21.2. The van der Waals surface area contributed by atoms with E-state index in [1.165, 1.54) is 5.56 Å². The van der Waals surface area contributed by atoms with E-state index in [1.807, 2.05) is 36.4 Å². The average molecular weight is 454 g/mol. The number of rotatable bonds is 8. The van der Waals surface area contributed by atoms with Gasteiger partial charge in [-0.15, -0.1) is 0 Å². The van der Waals surface area contributed by atoms with Crippen molar-refractivity contribution in [3.63, 3.8) is 0 Å². The van der Waals surface area contributed by atoms with E-state index in [9.17, 15) is 9.59 Å². The van der Waals surface area contributed by atoms with E-state index in [1.54, 1.807) is 13.8 Å². The second-order valence-corrected chi connectivity index (χ2v) is 8.06. The summed E-state index contributed by atoms with van der Waals surface area (Å²) in [6.45, 7) is 19.0. The number of ether oxygens (including phenoxy) is 2. The van der Waals surface area contributed by atoms with Crippen molar-refractivity contribution in [1.29, 1.82) is 0 Å². The molecule has 0 spiro atoms. The van der Waals surface area contributed by atoms with Crippen LogP contribution in [0.15, 0.2) is 61.7 Å². The Morgan fingerprint density at radius 1 is 1.06 bits per heavy atom. The molecule has 0 radical (unpaired) electrons. The van der Waals surface area contributed by atoms with Crippen molar-refractivity contribution >= 4 is 18.0 Å². The standard InChI is InChI=1S/C12H24NO2.C8H8.C5H8O2.ClH/c1-10(2)11(14)15-9-8-12(3,4)13(5,6)7;1-2-8-6-4-3-5-7-8;1-3-5(6)7-4-2;/h1,8-9H2,2-7H3;2-7H,1H2;3H,1,4H2,2H3;1H/q+1;;;/p-1. The Morgan fingerprint density at radius 2 is 1.58 bits per heavy atom. The molecule has 31 heavy (non-hydrogen) atoms. The third-order valence-electron chi connectivity index (χ3n) is 4.60. The summed E-state index contributed by atoms with van der Waals surface area (Å²) < 4.78 is 10.4. The van der Waals surface area contributed by atoms with Crippen molar-refractivity contribution < 1.29 is 36.0 Å². The number of halogens is 1. The molecule has 0 bridgehead atoms. The van der Waals surface area contributed by atoms with Gasteiger partial charge in [0, 0.05) is 18.1 Å². The van der Waals surface area contributed by atoms with Gasteiger partial charge < -0.3 is 26.4 Å². The van der Waals surface area contributed by atoms with Crippen LogP contribution in [0.3, 0.4) is 0 Å². The van der Waals surface area contributed by atoms with Crippen LogP contribution < -0.4 is 12.4 Å². The molecule has 0 unspecified atom stereocenters. The molecule has 0 heterocycles. The minimum Gasteiger partial charge on any atom is -1.00 e. The highest BCUT2D eigenvalue weighted by molar-refractivity contribution is 5.86. The molecular weight excluding hydrogens is 414 g/mol. The monoisotopic (exact) mass is 453 g/mol. The van der Waals surface area contributed by atoms with E-state index in [0.717, 1.165) is 17.0 Å². The first-order valence-electron chi connectivity index (χ1n) is 9.93. The average Bonchev–Trinajstić information content (AvgIpc) is 2.68. The Kier molecular flexibility index (Phi) is 18.6. The van der Waals surface area contributed by atoms with Gasteiger partial charge in [0.1, 0.15) is 0 Å². The van der Waals surface area contributed by atoms with E-state index in [-0.39, 0.29) is 29.9 Å². The van der Waals surface area contributed by atoms with E-state index in [0.29, 0.717) is 18.8 Å². The zero-order chi connectivity index (χ0) is 23.8. The SMILES string of the molecule is C=C(C)C(=O)OCCC(C)(C)[N+](C)(C)C.C=CC(=O)OCC.C=Cc1ccccc1.[Cl-]. The van der Waals surface area contributed by atoms with Crippen LogP contribution in [0.4, 0.5) is 0 Å². The lowest BCUT2D eigenvalue weighted by Crippen LogP contribution is -3.00. The highest BCUT2D eigenvalue weighted by atomic mass is 35.5. The van der Waals surface area contributed by atoms with Crippen molar-refractivity contribution in [1.82, 2.24) is 0 Å². The molecule has 1 aromatic carbocycles. The zero-order valence-electron chi connectivity index (χ0n) is 20.2. The third-order valence-corrected chi connectivity index (χ3v) is 4.60. The largest absolute Gasteiger partial charge is 1.00 e. The van der Waals surface area contributed by atoms with Gasteiger partial charge in [0.25, 0.3) is 0 Å². The molecule has 0 amide bonds. The molecule has 0 aromatic heterocycles. The molecule has 0 aliphatic carbocycles. The van der Waals surface area contributed by atoms with Crippen LogP contribution in [0.25, 0.3) is 6.08 Å². The Labute approximate surface area is 195 Å².